The van der Waals surface area contributed by atoms with Gasteiger partial charge in [-0.05, 0) is 74.6 Å². The topological polar surface area (TPSA) is 79.0 Å². The van der Waals surface area contributed by atoms with Crippen LogP contribution in [0.2, 0.25) is 10.0 Å². The van der Waals surface area contributed by atoms with Crippen LogP contribution in [0.25, 0.3) is 0 Å². The van der Waals surface area contributed by atoms with Crippen LogP contribution in [0.3, 0.4) is 0 Å². The Morgan fingerprint density at radius 2 is 1.75 bits per heavy atom. The first-order chi connectivity index (χ1) is 19.1. The zero-order chi connectivity index (χ0) is 28.7. The summed E-state index contributed by atoms with van der Waals surface area (Å²) in [5, 5.41) is 4.12. The second-order valence-electron chi connectivity index (χ2n) is 11.3. The van der Waals surface area contributed by atoms with Crippen LogP contribution >= 0.6 is 23.2 Å². The molecular formula is C30H34Cl2FN3O4. The molecule has 10 heteroatoms. The number of hydrogen-bond acceptors (Lipinski definition) is 5. The Bertz CT molecular complexity index is 1290. The number of nitrogens with zero attached hydrogens (tertiary/aromatic N) is 2. The van der Waals surface area contributed by atoms with Crippen molar-refractivity contribution >= 4 is 41.0 Å². The standard InChI is InChI=1S/C30H34Cl2FN3O4/c1-3-36(28(39)40-22-7-5-21(33)6-8-22)30(18-34-17-23(30)20-4-9-24(31)25(32)16-20)26(37)19-10-14-35(15-11-19)27(38)29(2)12-13-29/h4-9,16,19,23,34H,3,10-15,17-18H2,1-2H3/t23-,30+/m1/s1. The average Bonchev–Trinajstić information content (AvgIpc) is 3.56. The molecule has 1 aliphatic carbocycles. The summed E-state index contributed by atoms with van der Waals surface area (Å²) >= 11 is 12.6. The lowest BCUT2D eigenvalue weighted by Gasteiger charge is -2.45. The first-order valence-electron chi connectivity index (χ1n) is 13.8. The number of halogens is 3. The number of benzene rings is 2. The number of carbonyl (C=O) groups excluding carboxylic acids is 3. The minimum atomic E-state index is -1.26. The number of likely N-dealkylation sites (tertiary alicyclic amines) is 1. The van der Waals surface area contributed by atoms with Gasteiger partial charge in [0, 0.05) is 50.0 Å². The Morgan fingerprint density at radius 1 is 1.07 bits per heavy atom. The Hall–Kier alpha value is -2.68. The molecule has 2 heterocycles. The second kappa shape index (κ2) is 11.3. The van der Waals surface area contributed by atoms with E-state index in [0.717, 1.165) is 18.4 Å². The third kappa shape index (κ3) is 5.33. The molecule has 7 nitrogen and oxygen atoms in total. The van der Waals surface area contributed by atoms with Crippen LogP contribution in [0.5, 0.6) is 5.75 Å². The minimum absolute atomic E-state index is 0.0591. The summed E-state index contributed by atoms with van der Waals surface area (Å²) in [4.78, 5) is 44.6. The van der Waals surface area contributed by atoms with E-state index in [4.69, 9.17) is 27.9 Å². The first-order valence-corrected chi connectivity index (χ1v) is 14.6. The van der Waals surface area contributed by atoms with Crippen LogP contribution in [0.4, 0.5) is 9.18 Å². The number of likely N-dealkylation sites (N-methyl/N-ethyl adjacent to an activating group) is 1. The Balaban J connectivity index is 1.47. The zero-order valence-corrected chi connectivity index (χ0v) is 24.2. The van der Waals surface area contributed by atoms with Gasteiger partial charge in [-0.3, -0.25) is 14.5 Å². The summed E-state index contributed by atoms with van der Waals surface area (Å²) in [5.74, 6) is -0.906. The summed E-state index contributed by atoms with van der Waals surface area (Å²) in [6.45, 7) is 5.72. The molecule has 0 spiro atoms. The number of nitrogens with one attached hydrogen (secondary N) is 1. The third-order valence-corrected chi connectivity index (χ3v) is 9.54. The van der Waals surface area contributed by atoms with E-state index in [2.05, 4.69) is 5.32 Å². The normalized spacial score (nSPS) is 24.0. The van der Waals surface area contributed by atoms with Crippen molar-refractivity contribution in [3.63, 3.8) is 0 Å². The summed E-state index contributed by atoms with van der Waals surface area (Å²) in [7, 11) is 0. The van der Waals surface area contributed by atoms with Crippen molar-refractivity contribution in [1.82, 2.24) is 15.1 Å². The van der Waals surface area contributed by atoms with Gasteiger partial charge in [0.25, 0.3) is 0 Å². The molecule has 2 atom stereocenters. The summed E-state index contributed by atoms with van der Waals surface area (Å²) < 4.78 is 19.1. The number of hydrogen-bond donors (Lipinski definition) is 1. The Kier molecular flexibility index (Phi) is 8.15. The highest BCUT2D eigenvalue weighted by atomic mass is 35.5. The summed E-state index contributed by atoms with van der Waals surface area (Å²) in [6, 6.07) is 10.5. The van der Waals surface area contributed by atoms with Crippen molar-refractivity contribution in [3.8, 4) is 5.75 Å². The van der Waals surface area contributed by atoms with Crippen molar-refractivity contribution in [2.75, 3.05) is 32.7 Å². The van der Waals surface area contributed by atoms with Crippen molar-refractivity contribution in [1.29, 1.82) is 0 Å². The molecule has 3 fully saturated rings. The molecule has 3 aliphatic rings. The molecule has 2 aromatic rings. The molecule has 0 aromatic heterocycles. The van der Waals surface area contributed by atoms with E-state index in [1.807, 2.05) is 24.8 Å². The molecule has 0 radical (unpaired) electrons. The predicted octanol–water partition coefficient (Wildman–Crippen LogP) is 5.69. The van der Waals surface area contributed by atoms with Gasteiger partial charge in [0.05, 0.1) is 10.0 Å². The minimum Gasteiger partial charge on any atom is -0.410 e. The molecular weight excluding hydrogens is 556 g/mol. The Labute approximate surface area is 243 Å². The van der Waals surface area contributed by atoms with Gasteiger partial charge in [-0.2, -0.15) is 0 Å². The largest absolute Gasteiger partial charge is 0.416 e. The van der Waals surface area contributed by atoms with E-state index in [1.165, 1.54) is 29.2 Å². The molecule has 5 rings (SSSR count). The van der Waals surface area contributed by atoms with Gasteiger partial charge in [-0.25, -0.2) is 9.18 Å². The zero-order valence-electron chi connectivity index (χ0n) is 22.7. The van der Waals surface area contributed by atoms with Gasteiger partial charge in [0.15, 0.2) is 5.78 Å². The van der Waals surface area contributed by atoms with E-state index in [9.17, 15) is 18.8 Å². The average molecular weight is 591 g/mol. The Morgan fingerprint density at radius 3 is 2.35 bits per heavy atom. The SMILES string of the molecule is CCN(C(=O)Oc1ccc(F)cc1)[C@@]1(C(=O)C2CCN(C(=O)C3(C)CC3)CC2)CNC[C@@H]1c1ccc(Cl)c(Cl)c1. The monoisotopic (exact) mass is 589 g/mol. The quantitative estimate of drug-likeness (QED) is 0.449. The molecule has 1 N–H and O–H groups in total. The maximum Gasteiger partial charge on any atom is 0.416 e. The fraction of sp³-hybridized carbons (Fsp3) is 0.500. The highest BCUT2D eigenvalue weighted by Crippen LogP contribution is 2.47. The van der Waals surface area contributed by atoms with Crippen LogP contribution < -0.4 is 10.1 Å². The van der Waals surface area contributed by atoms with Crippen LogP contribution in [0, 0.1) is 17.2 Å². The fourth-order valence-corrected chi connectivity index (χ4v) is 6.52. The van der Waals surface area contributed by atoms with Gasteiger partial charge in [-0.1, -0.05) is 36.2 Å². The van der Waals surface area contributed by atoms with Gasteiger partial charge < -0.3 is 15.0 Å². The van der Waals surface area contributed by atoms with Crippen molar-refractivity contribution in [3.05, 3.63) is 63.9 Å². The smallest absolute Gasteiger partial charge is 0.410 e. The maximum atomic E-state index is 14.6. The highest BCUT2D eigenvalue weighted by molar-refractivity contribution is 6.42. The molecule has 2 saturated heterocycles. The van der Waals surface area contributed by atoms with Crippen LogP contribution in [-0.2, 0) is 9.59 Å². The van der Waals surface area contributed by atoms with Gasteiger partial charge >= 0.3 is 6.09 Å². The summed E-state index contributed by atoms with van der Waals surface area (Å²) in [6.07, 6.45) is 2.19. The van der Waals surface area contributed by atoms with Crippen LogP contribution in [0.15, 0.2) is 42.5 Å². The van der Waals surface area contributed by atoms with Crippen LogP contribution in [0.1, 0.15) is 51.0 Å². The molecule has 40 heavy (non-hydrogen) atoms. The molecule has 2 aliphatic heterocycles. The molecule has 2 amide bonds. The predicted molar refractivity (Wildman–Crippen MR) is 151 cm³/mol. The number of carbonyl (C=O) groups is 3. The number of Topliss-reactive ketones (excluding diaryl/α,β-unsaturated/α-hetero) is 1. The van der Waals surface area contributed by atoms with Crippen molar-refractivity contribution in [2.45, 2.75) is 51.0 Å². The van der Waals surface area contributed by atoms with E-state index >= 15 is 0 Å². The van der Waals surface area contributed by atoms with Crippen LogP contribution in [-0.4, -0.2) is 65.8 Å². The molecule has 0 unspecified atom stereocenters. The lowest BCUT2D eigenvalue weighted by molar-refractivity contribution is -0.142. The molecule has 1 saturated carbocycles. The fourth-order valence-electron chi connectivity index (χ4n) is 6.21. The number of piperidine rings is 1. The number of amides is 2. The van der Waals surface area contributed by atoms with E-state index < -0.39 is 23.4 Å². The molecule has 0 bridgehead atoms. The lowest BCUT2D eigenvalue weighted by Crippen LogP contribution is -2.64. The highest BCUT2D eigenvalue weighted by Gasteiger charge is 2.57. The molecule has 214 valence electrons. The lowest BCUT2D eigenvalue weighted by atomic mass is 9.71. The van der Waals surface area contributed by atoms with Crippen molar-refractivity contribution in [2.24, 2.45) is 11.3 Å². The van der Waals surface area contributed by atoms with E-state index in [0.29, 0.717) is 42.5 Å². The second-order valence-corrected chi connectivity index (χ2v) is 12.2. The summed E-state index contributed by atoms with van der Waals surface area (Å²) in [5.41, 5.74) is -0.729. The first kappa shape index (κ1) is 28.8. The van der Waals surface area contributed by atoms with Gasteiger partial charge in [0.2, 0.25) is 5.91 Å². The third-order valence-electron chi connectivity index (χ3n) is 8.80. The van der Waals surface area contributed by atoms with Gasteiger partial charge in [-0.15, -0.1) is 0 Å². The van der Waals surface area contributed by atoms with Gasteiger partial charge in [0.1, 0.15) is 17.1 Å². The number of ketones is 1. The molecule has 2 aromatic carbocycles. The maximum absolute atomic E-state index is 14.6. The number of ether oxygens (including phenoxy) is 1. The van der Waals surface area contributed by atoms with Crippen molar-refractivity contribution < 1.29 is 23.5 Å². The number of rotatable bonds is 7. The van der Waals surface area contributed by atoms with E-state index in [-0.39, 0.29) is 41.9 Å². The van der Waals surface area contributed by atoms with E-state index in [1.54, 1.807) is 12.1 Å².